The molecule has 168 valence electrons. The fourth-order valence-electron chi connectivity index (χ4n) is 3.11. The van der Waals surface area contributed by atoms with E-state index in [0.717, 1.165) is 16.9 Å². The largest absolute Gasteiger partial charge is 0.350 e. The van der Waals surface area contributed by atoms with Crippen molar-refractivity contribution in [2.45, 2.75) is 13.3 Å². The highest BCUT2D eigenvalue weighted by atomic mass is 35.5. The normalized spacial score (nSPS) is 10.9. The number of halogens is 2. The van der Waals surface area contributed by atoms with E-state index in [0.29, 0.717) is 28.7 Å². The van der Waals surface area contributed by atoms with Crippen LogP contribution in [0, 0.1) is 6.92 Å². The van der Waals surface area contributed by atoms with Gasteiger partial charge in [-0.3, -0.25) is 14.4 Å². The van der Waals surface area contributed by atoms with Crippen LogP contribution in [0.15, 0.2) is 53.3 Å². The first-order valence-electron chi connectivity index (χ1n) is 9.82. The summed E-state index contributed by atoms with van der Waals surface area (Å²) in [7, 11) is 0. The first-order chi connectivity index (χ1) is 15.8. The number of fused-ring (bicyclic) bond motifs is 1. The van der Waals surface area contributed by atoms with Gasteiger partial charge in [-0.25, -0.2) is 0 Å². The highest BCUT2D eigenvalue weighted by molar-refractivity contribution is 7.19. The number of benzene rings is 2. The van der Waals surface area contributed by atoms with Crippen LogP contribution < -0.4 is 16.2 Å². The maximum atomic E-state index is 13.1. The van der Waals surface area contributed by atoms with Crippen LogP contribution in [0.3, 0.4) is 0 Å². The Labute approximate surface area is 202 Å². The van der Waals surface area contributed by atoms with Crippen molar-refractivity contribution in [1.82, 2.24) is 19.9 Å². The second-order valence-corrected chi connectivity index (χ2v) is 8.93. The van der Waals surface area contributed by atoms with Crippen LogP contribution in [0.2, 0.25) is 10.0 Å². The monoisotopic (exact) mass is 501 g/mol. The maximum Gasteiger partial charge on any atom is 0.295 e. The van der Waals surface area contributed by atoms with Gasteiger partial charge in [-0.05, 0) is 37.1 Å². The van der Waals surface area contributed by atoms with E-state index < -0.39 is 17.4 Å². The number of carbonyl (C=O) groups excluding carboxylic acids is 2. The van der Waals surface area contributed by atoms with Crippen LogP contribution in [-0.2, 0) is 6.42 Å². The van der Waals surface area contributed by atoms with Gasteiger partial charge < -0.3 is 10.6 Å². The Morgan fingerprint density at radius 1 is 1.06 bits per heavy atom. The lowest BCUT2D eigenvalue weighted by Crippen LogP contribution is -2.30. The fraction of sp³-hybridized carbons (Fsp3) is 0.136. The van der Waals surface area contributed by atoms with E-state index in [9.17, 15) is 14.4 Å². The van der Waals surface area contributed by atoms with E-state index >= 15 is 0 Å². The molecule has 2 aromatic heterocycles. The predicted octanol–water partition coefficient (Wildman–Crippen LogP) is 3.99. The zero-order chi connectivity index (χ0) is 23.5. The minimum Gasteiger partial charge on any atom is -0.350 e. The Bertz CT molecular complexity index is 1400. The minimum atomic E-state index is -0.580. The molecule has 2 aromatic carbocycles. The lowest BCUT2D eigenvalue weighted by Gasteiger charge is -2.09. The molecular formula is C22H17Cl2N5O3S. The smallest absolute Gasteiger partial charge is 0.295 e. The zero-order valence-electron chi connectivity index (χ0n) is 17.3. The molecule has 0 spiro atoms. The maximum absolute atomic E-state index is 13.1. The van der Waals surface area contributed by atoms with E-state index in [-0.39, 0.29) is 21.2 Å². The molecule has 0 atom stereocenters. The topological polar surface area (TPSA) is 105 Å². The Balaban J connectivity index is 1.66. The summed E-state index contributed by atoms with van der Waals surface area (Å²) in [6.07, 6.45) is 0.608. The van der Waals surface area contributed by atoms with Crippen molar-refractivity contribution in [3.8, 4) is 0 Å². The lowest BCUT2D eigenvalue weighted by atomic mass is 10.1. The number of aryl methyl sites for hydroxylation is 1. The van der Waals surface area contributed by atoms with Gasteiger partial charge in [0.15, 0.2) is 5.69 Å². The van der Waals surface area contributed by atoms with Crippen LogP contribution in [0.1, 0.15) is 31.4 Å². The summed E-state index contributed by atoms with van der Waals surface area (Å²) in [5.41, 5.74) is 0.988. The molecule has 33 heavy (non-hydrogen) atoms. The Morgan fingerprint density at radius 3 is 2.45 bits per heavy atom. The number of nitrogens with one attached hydrogen (secondary N) is 2. The summed E-state index contributed by atoms with van der Waals surface area (Å²) in [6, 6.07) is 14.3. The van der Waals surface area contributed by atoms with E-state index in [4.69, 9.17) is 23.2 Å². The van der Waals surface area contributed by atoms with Crippen LogP contribution in [0.25, 0.3) is 4.96 Å². The van der Waals surface area contributed by atoms with Crippen molar-refractivity contribution in [2.75, 3.05) is 11.9 Å². The summed E-state index contributed by atoms with van der Waals surface area (Å²) >= 11 is 12.9. The molecule has 2 N–H and O–H groups in total. The number of nitrogens with zero attached hydrogens (tertiary/aromatic N) is 3. The van der Waals surface area contributed by atoms with Gasteiger partial charge in [0.1, 0.15) is 10.6 Å². The van der Waals surface area contributed by atoms with Gasteiger partial charge in [-0.1, -0.05) is 64.9 Å². The summed E-state index contributed by atoms with van der Waals surface area (Å²) in [4.78, 5) is 42.3. The number of aromatic nitrogens is 3. The third-order valence-corrected chi connectivity index (χ3v) is 6.11. The molecule has 2 heterocycles. The Morgan fingerprint density at radius 2 is 1.76 bits per heavy atom. The van der Waals surface area contributed by atoms with Crippen LogP contribution >= 0.6 is 34.5 Å². The van der Waals surface area contributed by atoms with E-state index in [1.165, 1.54) is 29.6 Å². The third kappa shape index (κ3) is 5.22. The second-order valence-electron chi connectivity index (χ2n) is 7.08. The average Bonchev–Trinajstić information content (AvgIpc) is 3.12. The quantitative estimate of drug-likeness (QED) is 0.415. The molecule has 2 amide bonds. The molecule has 0 aliphatic rings. The van der Waals surface area contributed by atoms with Gasteiger partial charge >= 0.3 is 0 Å². The lowest BCUT2D eigenvalue weighted by molar-refractivity contribution is 0.0935. The molecule has 0 saturated carbocycles. The van der Waals surface area contributed by atoms with E-state index in [1.54, 1.807) is 0 Å². The van der Waals surface area contributed by atoms with Crippen molar-refractivity contribution in [2.24, 2.45) is 0 Å². The van der Waals surface area contributed by atoms with Gasteiger partial charge in [0.05, 0.1) is 0 Å². The van der Waals surface area contributed by atoms with Gasteiger partial charge in [0.25, 0.3) is 17.4 Å². The first-order valence-corrected chi connectivity index (χ1v) is 11.4. The van der Waals surface area contributed by atoms with E-state index in [1.807, 2.05) is 30.3 Å². The first kappa shape index (κ1) is 22.9. The Hall–Kier alpha value is -3.27. The molecule has 0 aliphatic carbocycles. The van der Waals surface area contributed by atoms with Crippen molar-refractivity contribution < 1.29 is 9.59 Å². The van der Waals surface area contributed by atoms with Gasteiger partial charge in [-0.15, -0.1) is 0 Å². The molecule has 0 unspecified atom stereocenters. The number of thiazole rings is 1. The van der Waals surface area contributed by atoms with Gasteiger partial charge in [-0.2, -0.15) is 14.6 Å². The van der Waals surface area contributed by atoms with Gasteiger partial charge in [0, 0.05) is 22.3 Å². The second kappa shape index (κ2) is 9.70. The fourth-order valence-corrected chi connectivity index (χ4v) is 4.59. The summed E-state index contributed by atoms with van der Waals surface area (Å²) in [5.74, 6) is -1.09. The molecule has 4 aromatic rings. The standard InChI is InChI=1S/C22H17Cl2N5O3S/c1-12-19(30)27-22-29(28-12)17(20(31)25-8-7-13-5-3-2-4-6-13)18(33-22)21(32)26-16-10-14(23)9-15(24)11-16/h2-6,9-11H,7-8H2,1H3,(H,25,31)(H,26,32). The molecule has 0 saturated heterocycles. The van der Waals surface area contributed by atoms with Crippen molar-refractivity contribution >= 4 is 57.0 Å². The summed E-state index contributed by atoms with van der Waals surface area (Å²) < 4.78 is 1.22. The molecule has 4 rings (SSSR count). The molecule has 0 fully saturated rings. The molecule has 11 heteroatoms. The number of hydrogen-bond acceptors (Lipinski definition) is 6. The van der Waals surface area contributed by atoms with Crippen molar-refractivity contribution in [3.05, 3.63) is 90.8 Å². The van der Waals surface area contributed by atoms with Crippen LogP contribution in [-0.4, -0.2) is 33.0 Å². The molecule has 0 radical (unpaired) electrons. The third-order valence-electron chi connectivity index (χ3n) is 4.64. The Kier molecular flexibility index (Phi) is 6.73. The van der Waals surface area contributed by atoms with Crippen LogP contribution in [0.5, 0.6) is 0 Å². The number of hydrogen-bond donors (Lipinski definition) is 2. The molecular weight excluding hydrogens is 485 g/mol. The average molecular weight is 502 g/mol. The highest BCUT2D eigenvalue weighted by Crippen LogP contribution is 2.26. The predicted molar refractivity (Wildman–Crippen MR) is 129 cm³/mol. The molecule has 8 nitrogen and oxygen atoms in total. The van der Waals surface area contributed by atoms with E-state index in [2.05, 4.69) is 20.7 Å². The van der Waals surface area contributed by atoms with Crippen LogP contribution in [0.4, 0.5) is 5.69 Å². The number of carbonyl (C=O) groups is 2. The van der Waals surface area contributed by atoms with Gasteiger partial charge in [0.2, 0.25) is 4.96 Å². The molecule has 0 aliphatic heterocycles. The SMILES string of the molecule is Cc1nn2c(C(=O)NCCc3ccccc3)c(C(=O)Nc3cc(Cl)cc(Cl)c3)sc2nc1=O. The summed E-state index contributed by atoms with van der Waals surface area (Å²) in [6.45, 7) is 1.84. The molecule has 0 bridgehead atoms. The number of rotatable bonds is 6. The van der Waals surface area contributed by atoms with Crippen molar-refractivity contribution in [1.29, 1.82) is 0 Å². The summed E-state index contributed by atoms with van der Waals surface area (Å²) in [5, 5.41) is 10.4. The zero-order valence-corrected chi connectivity index (χ0v) is 19.6. The number of amides is 2. The van der Waals surface area contributed by atoms with Crippen molar-refractivity contribution in [3.63, 3.8) is 0 Å². The number of anilines is 1. The minimum absolute atomic E-state index is 0.00992. The highest BCUT2D eigenvalue weighted by Gasteiger charge is 2.26.